The molecule has 1 N–H and O–H groups in total. The van der Waals surface area contributed by atoms with Crippen LogP contribution in [0.3, 0.4) is 0 Å². The SMILES string of the molecule is CC(=O)N1c2ccccc2NC2=C(C(=O)C[C@H](c3cccc([N+](=O)[O-])c3)C2)[C@H]1c1ccc(C)cc1. The van der Waals surface area contributed by atoms with Crippen molar-refractivity contribution in [3.63, 3.8) is 0 Å². The van der Waals surface area contributed by atoms with E-state index in [2.05, 4.69) is 5.32 Å². The Kier molecular flexibility index (Phi) is 5.68. The van der Waals surface area contributed by atoms with Crippen molar-refractivity contribution in [2.45, 2.75) is 38.6 Å². The number of hydrogen-bond acceptors (Lipinski definition) is 5. The van der Waals surface area contributed by atoms with E-state index in [1.807, 2.05) is 61.5 Å². The zero-order valence-corrected chi connectivity index (χ0v) is 19.5. The van der Waals surface area contributed by atoms with Gasteiger partial charge in [0.1, 0.15) is 0 Å². The van der Waals surface area contributed by atoms with E-state index in [1.165, 1.54) is 13.0 Å². The highest BCUT2D eigenvalue weighted by atomic mass is 16.6. The number of non-ortho nitro benzene ring substituents is 1. The number of amides is 1. The molecule has 1 heterocycles. The molecule has 5 rings (SSSR count). The Balaban J connectivity index is 1.67. The van der Waals surface area contributed by atoms with Crippen molar-refractivity contribution in [1.82, 2.24) is 0 Å². The first-order valence-electron chi connectivity index (χ1n) is 11.6. The number of allylic oxidation sites excluding steroid dienone is 1. The average Bonchev–Trinajstić information content (AvgIpc) is 2.99. The molecule has 7 nitrogen and oxygen atoms in total. The fraction of sp³-hybridized carbons (Fsp3) is 0.214. The molecule has 1 aliphatic heterocycles. The van der Waals surface area contributed by atoms with Crippen molar-refractivity contribution in [2.24, 2.45) is 0 Å². The van der Waals surface area contributed by atoms with Crippen LogP contribution in [0.5, 0.6) is 0 Å². The van der Waals surface area contributed by atoms with Gasteiger partial charge in [-0.25, -0.2) is 0 Å². The number of hydrogen-bond donors (Lipinski definition) is 1. The smallest absolute Gasteiger partial charge is 0.269 e. The van der Waals surface area contributed by atoms with Gasteiger partial charge in [-0.2, -0.15) is 0 Å². The second-order valence-corrected chi connectivity index (χ2v) is 9.12. The fourth-order valence-electron chi connectivity index (χ4n) is 5.13. The van der Waals surface area contributed by atoms with Gasteiger partial charge in [-0.15, -0.1) is 0 Å². The molecule has 2 atom stereocenters. The number of nitrogens with zero attached hydrogens (tertiary/aromatic N) is 2. The first kappa shape index (κ1) is 22.5. The molecule has 0 radical (unpaired) electrons. The molecule has 176 valence electrons. The molecule has 1 aliphatic carbocycles. The molecule has 1 amide bonds. The highest BCUT2D eigenvalue weighted by Crippen LogP contribution is 2.47. The minimum absolute atomic E-state index is 0.00850. The van der Waals surface area contributed by atoms with E-state index >= 15 is 0 Å². The van der Waals surface area contributed by atoms with Gasteiger partial charge in [-0.1, -0.05) is 54.1 Å². The van der Waals surface area contributed by atoms with Crippen LogP contribution < -0.4 is 10.2 Å². The maximum atomic E-state index is 13.8. The molecule has 2 aliphatic rings. The minimum Gasteiger partial charge on any atom is -0.357 e. The summed E-state index contributed by atoms with van der Waals surface area (Å²) in [4.78, 5) is 39.4. The predicted octanol–water partition coefficient (Wildman–Crippen LogP) is 5.82. The van der Waals surface area contributed by atoms with Gasteiger partial charge in [0.25, 0.3) is 5.69 Å². The number of nitrogens with one attached hydrogen (secondary N) is 1. The summed E-state index contributed by atoms with van der Waals surface area (Å²) in [6.07, 6.45) is 0.719. The Morgan fingerprint density at radius 3 is 2.46 bits per heavy atom. The van der Waals surface area contributed by atoms with Gasteiger partial charge in [-0.3, -0.25) is 24.6 Å². The van der Waals surface area contributed by atoms with Gasteiger partial charge in [0.2, 0.25) is 5.91 Å². The third-order valence-corrected chi connectivity index (χ3v) is 6.77. The number of rotatable bonds is 3. The average molecular weight is 468 g/mol. The predicted molar refractivity (Wildman–Crippen MR) is 134 cm³/mol. The molecule has 0 fully saturated rings. The van der Waals surface area contributed by atoms with Crippen molar-refractivity contribution in [2.75, 3.05) is 10.2 Å². The van der Waals surface area contributed by atoms with Crippen LogP contribution in [0.4, 0.5) is 17.1 Å². The molecule has 3 aromatic carbocycles. The standard InChI is InChI=1S/C28H25N3O4/c1-17-10-12-19(13-11-17)28-27-24(29-23-8-3-4-9-25(23)30(28)18(2)32)15-21(16-26(27)33)20-6-5-7-22(14-20)31(34)35/h3-14,21,28-29H,15-16H2,1-2H3/t21-,28-/m1/s1. The number of Topliss-reactive ketones (excluding diaryl/α,β-unsaturated/α-hetero) is 1. The molecular weight excluding hydrogens is 442 g/mol. The van der Waals surface area contributed by atoms with E-state index < -0.39 is 11.0 Å². The van der Waals surface area contributed by atoms with Crippen LogP contribution >= 0.6 is 0 Å². The van der Waals surface area contributed by atoms with Gasteiger partial charge < -0.3 is 5.32 Å². The zero-order chi connectivity index (χ0) is 24.7. The second-order valence-electron chi connectivity index (χ2n) is 9.12. The number of para-hydroxylation sites is 2. The zero-order valence-electron chi connectivity index (χ0n) is 19.5. The summed E-state index contributed by atoms with van der Waals surface area (Å²) in [5, 5.41) is 14.8. The van der Waals surface area contributed by atoms with Gasteiger partial charge in [0.15, 0.2) is 5.78 Å². The highest BCUT2D eigenvalue weighted by Gasteiger charge is 2.40. The molecule has 0 bridgehead atoms. The maximum absolute atomic E-state index is 13.8. The van der Waals surface area contributed by atoms with Gasteiger partial charge >= 0.3 is 0 Å². The normalized spacial score (nSPS) is 19.4. The van der Waals surface area contributed by atoms with Crippen molar-refractivity contribution in [1.29, 1.82) is 0 Å². The molecule has 0 saturated heterocycles. The number of fused-ring (bicyclic) bond motifs is 1. The lowest BCUT2D eigenvalue weighted by Crippen LogP contribution is -2.37. The summed E-state index contributed by atoms with van der Waals surface area (Å²) in [6, 6.07) is 21.4. The number of aryl methyl sites for hydroxylation is 1. The maximum Gasteiger partial charge on any atom is 0.269 e. The molecule has 0 spiro atoms. The van der Waals surface area contributed by atoms with Gasteiger partial charge in [0, 0.05) is 36.7 Å². The summed E-state index contributed by atoms with van der Waals surface area (Å²) in [6.45, 7) is 3.51. The van der Waals surface area contributed by atoms with Gasteiger partial charge in [-0.05, 0) is 42.5 Å². The van der Waals surface area contributed by atoms with Crippen LogP contribution in [0.15, 0.2) is 84.1 Å². The van der Waals surface area contributed by atoms with Crippen molar-refractivity contribution < 1.29 is 14.5 Å². The minimum atomic E-state index is -0.571. The Bertz CT molecular complexity index is 1380. The van der Waals surface area contributed by atoms with Crippen LogP contribution in [0, 0.1) is 17.0 Å². The van der Waals surface area contributed by atoms with Crippen molar-refractivity contribution in [3.8, 4) is 0 Å². The highest BCUT2D eigenvalue weighted by molar-refractivity contribution is 6.06. The Hall–Kier alpha value is -4.26. The summed E-state index contributed by atoms with van der Waals surface area (Å²) < 4.78 is 0. The number of benzene rings is 3. The van der Waals surface area contributed by atoms with Crippen LogP contribution in [-0.4, -0.2) is 16.6 Å². The molecule has 0 unspecified atom stereocenters. The van der Waals surface area contributed by atoms with E-state index in [-0.39, 0.29) is 29.7 Å². The largest absolute Gasteiger partial charge is 0.357 e. The van der Waals surface area contributed by atoms with Gasteiger partial charge in [0.05, 0.1) is 22.3 Å². The van der Waals surface area contributed by atoms with Crippen molar-refractivity contribution >= 4 is 28.8 Å². The first-order valence-corrected chi connectivity index (χ1v) is 11.6. The number of carbonyl (C=O) groups excluding carboxylic acids is 2. The van der Waals surface area contributed by atoms with E-state index in [1.54, 1.807) is 17.0 Å². The molecular formula is C28H25N3O4. The number of ketones is 1. The third kappa shape index (κ3) is 4.10. The topological polar surface area (TPSA) is 92.6 Å². The molecule has 0 saturated carbocycles. The summed E-state index contributed by atoms with van der Waals surface area (Å²) in [5.41, 5.74) is 5.49. The quantitative estimate of drug-likeness (QED) is 0.387. The summed E-state index contributed by atoms with van der Waals surface area (Å²) in [7, 11) is 0. The monoisotopic (exact) mass is 467 g/mol. The third-order valence-electron chi connectivity index (χ3n) is 6.77. The first-order chi connectivity index (χ1) is 16.8. The molecule has 0 aromatic heterocycles. The summed E-state index contributed by atoms with van der Waals surface area (Å²) in [5.74, 6) is -0.435. The lowest BCUT2D eigenvalue weighted by atomic mass is 9.78. The van der Waals surface area contributed by atoms with E-state index in [0.717, 1.165) is 28.1 Å². The lowest BCUT2D eigenvalue weighted by Gasteiger charge is -2.34. The molecule has 3 aromatic rings. The number of nitro benzene ring substituents is 1. The fourth-order valence-corrected chi connectivity index (χ4v) is 5.13. The Morgan fingerprint density at radius 2 is 1.74 bits per heavy atom. The van der Waals surface area contributed by atoms with Crippen LogP contribution in [0.1, 0.15) is 48.4 Å². The lowest BCUT2D eigenvalue weighted by molar-refractivity contribution is -0.384. The van der Waals surface area contributed by atoms with Crippen LogP contribution in [0.25, 0.3) is 0 Å². The Morgan fingerprint density at radius 1 is 1.00 bits per heavy atom. The van der Waals surface area contributed by atoms with Crippen LogP contribution in [-0.2, 0) is 9.59 Å². The summed E-state index contributed by atoms with van der Waals surface area (Å²) >= 11 is 0. The van der Waals surface area contributed by atoms with E-state index in [9.17, 15) is 19.7 Å². The number of anilines is 2. The molecule has 35 heavy (non-hydrogen) atoms. The number of carbonyl (C=O) groups is 2. The Labute approximate surface area is 203 Å². The van der Waals surface area contributed by atoms with E-state index in [4.69, 9.17) is 0 Å². The van der Waals surface area contributed by atoms with Crippen LogP contribution in [0.2, 0.25) is 0 Å². The second kappa shape index (κ2) is 8.83. The van der Waals surface area contributed by atoms with Crippen molar-refractivity contribution in [3.05, 3.63) is 111 Å². The number of nitro groups is 1. The van der Waals surface area contributed by atoms with E-state index in [0.29, 0.717) is 17.7 Å². The molecule has 7 heteroatoms.